The molecule has 16 nitrogen and oxygen atoms in total. The lowest BCUT2D eigenvalue weighted by Crippen LogP contribution is -2.48. The highest BCUT2D eigenvalue weighted by Crippen LogP contribution is 2.46. The first-order valence-electron chi connectivity index (χ1n) is 9.14. The average molecular weight is 528 g/mol. The molecule has 2 rings (SSSR count). The highest BCUT2D eigenvalue weighted by atomic mass is 32.2. The van der Waals surface area contributed by atoms with Gasteiger partial charge < -0.3 is 30.6 Å². The van der Waals surface area contributed by atoms with Gasteiger partial charge in [0, 0.05) is 25.0 Å². The fraction of sp³-hybridized carbons (Fsp3) is 0.375. The summed E-state index contributed by atoms with van der Waals surface area (Å²) in [7, 11) is -10.5. The largest absolute Gasteiger partial charge is 0.494 e. The van der Waals surface area contributed by atoms with Gasteiger partial charge in [-0.2, -0.15) is 16.8 Å². The highest BCUT2D eigenvalue weighted by molar-refractivity contribution is 7.86. The molecule has 0 aliphatic carbocycles. The Morgan fingerprint density at radius 2 is 1.18 bits per heavy atom. The highest BCUT2D eigenvalue weighted by Gasteiger charge is 2.50. The Hall–Kier alpha value is -3.48. The van der Waals surface area contributed by atoms with Gasteiger partial charge in [0.1, 0.15) is 0 Å². The van der Waals surface area contributed by atoms with E-state index in [0.717, 1.165) is 0 Å². The van der Waals surface area contributed by atoms with E-state index in [4.69, 9.17) is 5.11 Å². The van der Waals surface area contributed by atoms with Crippen LogP contribution in [0.5, 0.6) is 23.5 Å². The summed E-state index contributed by atoms with van der Waals surface area (Å²) in [5.41, 5.74) is -3.09. The van der Waals surface area contributed by atoms with Crippen molar-refractivity contribution in [2.45, 2.75) is 47.6 Å². The molecule has 0 aromatic carbocycles. The molecular weight excluding hydrogens is 508 g/mol. The lowest BCUT2D eigenvalue weighted by Gasteiger charge is -2.34. The predicted octanol–water partition coefficient (Wildman–Crippen LogP) is -0.0738. The first-order chi connectivity index (χ1) is 15.5. The summed E-state index contributed by atoms with van der Waals surface area (Å²) in [5.74, 6) is -8.99. The van der Waals surface area contributed by atoms with Crippen molar-refractivity contribution in [1.82, 2.24) is 9.13 Å². The average Bonchev–Trinajstić information content (AvgIpc) is 3.14. The fourth-order valence-electron chi connectivity index (χ4n) is 3.49. The molecule has 2 aromatic heterocycles. The number of carboxylic acid groups (broad SMARTS) is 2. The Labute approximate surface area is 191 Å². The minimum atomic E-state index is -5.24. The molecule has 0 amide bonds. The van der Waals surface area contributed by atoms with Crippen molar-refractivity contribution in [2.75, 3.05) is 0 Å². The van der Waals surface area contributed by atoms with Crippen LogP contribution in [0.15, 0.2) is 21.9 Å². The van der Waals surface area contributed by atoms with E-state index in [-0.39, 0.29) is 47.0 Å². The van der Waals surface area contributed by atoms with Crippen LogP contribution in [0.25, 0.3) is 0 Å². The van der Waals surface area contributed by atoms with E-state index < -0.39 is 77.6 Å². The normalized spacial score (nSPS) is 12.6. The quantitative estimate of drug-likeness (QED) is 0.140. The molecule has 34 heavy (non-hydrogen) atoms. The molecule has 0 atom stereocenters. The number of carboxylic acids is 2. The monoisotopic (exact) mass is 528 g/mol. The molecule has 0 saturated heterocycles. The van der Waals surface area contributed by atoms with Crippen molar-refractivity contribution in [3.8, 4) is 23.5 Å². The van der Waals surface area contributed by atoms with Crippen molar-refractivity contribution in [1.29, 1.82) is 0 Å². The summed E-state index contributed by atoms with van der Waals surface area (Å²) in [6, 6.07) is 0.516. The minimum Gasteiger partial charge on any atom is -0.494 e. The zero-order valence-electron chi connectivity index (χ0n) is 16.9. The van der Waals surface area contributed by atoms with Gasteiger partial charge in [0.2, 0.25) is 17.4 Å². The Kier molecular flexibility index (Phi) is 7.12. The summed E-state index contributed by atoms with van der Waals surface area (Å²) >= 11 is 0. The molecular formula is C16H20N2O14S2. The summed E-state index contributed by atoms with van der Waals surface area (Å²) in [4.78, 5) is 20.5. The summed E-state index contributed by atoms with van der Waals surface area (Å²) in [5, 5.41) is 60.2. The Morgan fingerprint density at radius 1 is 0.765 bits per heavy atom. The molecule has 0 aliphatic heterocycles. The number of hydrogen-bond acceptors (Lipinski definition) is 10. The topological polar surface area (TPSA) is 274 Å². The molecule has 190 valence electrons. The molecule has 0 radical (unpaired) electrons. The van der Waals surface area contributed by atoms with Crippen LogP contribution < -0.4 is 0 Å². The minimum absolute atomic E-state index is 0.00320. The fourth-order valence-corrected chi connectivity index (χ4v) is 4.64. The van der Waals surface area contributed by atoms with Crippen molar-refractivity contribution >= 4 is 32.2 Å². The molecule has 18 heteroatoms. The molecule has 0 unspecified atom stereocenters. The maximum absolute atomic E-state index is 12.5. The Balaban J connectivity index is 2.88. The van der Waals surface area contributed by atoms with E-state index in [1.807, 2.05) is 0 Å². The molecule has 0 bridgehead atoms. The van der Waals surface area contributed by atoms with Crippen LogP contribution in [0.2, 0.25) is 0 Å². The first-order valence-corrected chi connectivity index (χ1v) is 12.0. The van der Waals surface area contributed by atoms with Crippen LogP contribution in [0.4, 0.5) is 0 Å². The second-order valence-corrected chi connectivity index (χ2v) is 9.86. The molecule has 0 fully saturated rings. The van der Waals surface area contributed by atoms with Crippen molar-refractivity contribution < 1.29 is 66.2 Å². The number of aliphatic carboxylic acids is 2. The van der Waals surface area contributed by atoms with Gasteiger partial charge in [0.05, 0.1) is 0 Å². The van der Waals surface area contributed by atoms with Crippen LogP contribution in [0.3, 0.4) is 0 Å². The van der Waals surface area contributed by atoms with Crippen LogP contribution in [0, 0.1) is 0 Å². The Morgan fingerprint density at radius 3 is 1.47 bits per heavy atom. The number of aromatic hydroxyl groups is 4. The van der Waals surface area contributed by atoms with E-state index in [1.54, 1.807) is 0 Å². The zero-order chi connectivity index (χ0) is 26.2. The van der Waals surface area contributed by atoms with Crippen molar-refractivity contribution in [3.63, 3.8) is 0 Å². The van der Waals surface area contributed by atoms with Crippen molar-refractivity contribution in [2.24, 2.45) is 0 Å². The Bertz CT molecular complexity index is 1250. The molecule has 0 saturated carbocycles. The molecule has 2 aromatic rings. The number of carbonyl (C=O) groups is 2. The standard InChI is InChI=1S/C16H20N2O14S2/c19-10-6-8(33(27,28)29)13(23)17(10)16(15(25)26,5-3-1-2-4-12(21)22)18-11(20)7-9(14(18)24)34(30,31)32/h6-7,19-20,23-24H,1-5H2,(H,21,22)(H,25,26)(H,27,28,29)(H,30,31,32). The van der Waals surface area contributed by atoms with Crippen molar-refractivity contribution in [3.05, 3.63) is 12.1 Å². The predicted molar refractivity (Wildman–Crippen MR) is 107 cm³/mol. The van der Waals surface area contributed by atoms with Gasteiger partial charge >= 0.3 is 11.9 Å². The molecule has 2 heterocycles. The second-order valence-electron chi connectivity index (χ2n) is 7.08. The first kappa shape index (κ1) is 26.8. The lowest BCUT2D eigenvalue weighted by atomic mass is 9.99. The van der Waals surface area contributed by atoms with Gasteiger partial charge in [-0.05, 0) is 12.8 Å². The summed E-state index contributed by atoms with van der Waals surface area (Å²) < 4.78 is 64.7. The molecule has 0 spiro atoms. The zero-order valence-corrected chi connectivity index (χ0v) is 18.6. The third kappa shape index (κ3) is 4.74. The van der Waals surface area contributed by atoms with Gasteiger partial charge in [-0.25, -0.2) is 13.9 Å². The van der Waals surface area contributed by atoms with Gasteiger partial charge in [-0.15, -0.1) is 0 Å². The molecule has 0 aliphatic rings. The van der Waals surface area contributed by atoms with Crippen LogP contribution in [0.1, 0.15) is 32.1 Å². The third-order valence-electron chi connectivity index (χ3n) is 4.90. The van der Waals surface area contributed by atoms with E-state index in [2.05, 4.69) is 0 Å². The van der Waals surface area contributed by atoms with Crippen LogP contribution in [-0.2, 0) is 35.5 Å². The van der Waals surface area contributed by atoms with Crippen LogP contribution >= 0.6 is 0 Å². The van der Waals surface area contributed by atoms with E-state index in [9.17, 15) is 61.1 Å². The number of nitrogens with zero attached hydrogens (tertiary/aromatic N) is 2. The summed E-state index contributed by atoms with van der Waals surface area (Å²) in [6.45, 7) is 0. The number of hydrogen-bond donors (Lipinski definition) is 8. The van der Waals surface area contributed by atoms with E-state index in [1.165, 1.54) is 0 Å². The number of unbranched alkanes of at least 4 members (excludes halogenated alkanes) is 2. The van der Waals surface area contributed by atoms with Gasteiger partial charge in [-0.1, -0.05) is 6.42 Å². The van der Waals surface area contributed by atoms with E-state index in [0.29, 0.717) is 0 Å². The molecule has 8 N–H and O–H groups in total. The third-order valence-corrected chi connectivity index (χ3v) is 6.61. The van der Waals surface area contributed by atoms with Crippen LogP contribution in [-0.4, -0.2) is 77.7 Å². The van der Waals surface area contributed by atoms with Gasteiger partial charge in [0.15, 0.2) is 21.6 Å². The number of rotatable bonds is 11. The van der Waals surface area contributed by atoms with Gasteiger partial charge in [0.25, 0.3) is 20.2 Å². The maximum atomic E-state index is 12.5. The van der Waals surface area contributed by atoms with Gasteiger partial charge in [-0.3, -0.25) is 13.9 Å². The number of aromatic nitrogens is 2. The van der Waals surface area contributed by atoms with E-state index >= 15 is 0 Å². The lowest BCUT2D eigenvalue weighted by molar-refractivity contribution is -0.151. The summed E-state index contributed by atoms with van der Waals surface area (Å²) in [6.07, 6.45) is -1.37. The smallest absolute Gasteiger partial charge is 0.351 e. The maximum Gasteiger partial charge on any atom is 0.351 e. The SMILES string of the molecule is O=C(O)CCCCCC(C(=O)O)(n1c(O)cc(S(=O)(=O)O)c1O)n1c(O)cc(S(=O)(=O)O)c1O. The second kappa shape index (κ2) is 9.05.